The Bertz CT molecular complexity index is 1820. The molecule has 302 valence electrons. The van der Waals surface area contributed by atoms with E-state index >= 15 is 0 Å². The summed E-state index contributed by atoms with van der Waals surface area (Å²) in [6.07, 6.45) is 3.69. The Labute approximate surface area is 333 Å². The van der Waals surface area contributed by atoms with Gasteiger partial charge in [-0.05, 0) is 119 Å². The van der Waals surface area contributed by atoms with Gasteiger partial charge in [-0.2, -0.15) is 0 Å². The van der Waals surface area contributed by atoms with Crippen molar-refractivity contribution >= 4 is 28.6 Å². The number of nitrogens with zero attached hydrogens (tertiary/aromatic N) is 1. The lowest BCUT2D eigenvalue weighted by Crippen LogP contribution is -2.52. The minimum Gasteiger partial charge on any atom is -0.464 e. The van der Waals surface area contributed by atoms with E-state index in [1.54, 1.807) is 27.7 Å². The van der Waals surface area contributed by atoms with Gasteiger partial charge in [0, 0.05) is 13.2 Å². The first-order chi connectivity index (χ1) is 26.9. The van der Waals surface area contributed by atoms with Gasteiger partial charge in [0.15, 0.2) is 12.2 Å². The number of hydrogen-bond acceptors (Lipinski definition) is 8. The predicted octanol–water partition coefficient (Wildman–Crippen LogP) is 9.22. The van der Waals surface area contributed by atoms with Crippen molar-refractivity contribution in [2.45, 2.75) is 117 Å². The van der Waals surface area contributed by atoms with E-state index in [4.69, 9.17) is 23.8 Å². The molecule has 0 aliphatic carbocycles. The number of carbonyl (C=O) groups is 3. The Morgan fingerprint density at radius 2 is 1.32 bits per heavy atom. The van der Waals surface area contributed by atoms with Gasteiger partial charge >= 0.3 is 11.9 Å². The Hall–Kier alpha value is -4.57. The quantitative estimate of drug-likeness (QED) is 0.0419. The number of hydrogen-bond donors (Lipinski definition) is 0. The third-order valence-electron chi connectivity index (χ3n) is 9.44. The number of esters is 2. The van der Waals surface area contributed by atoms with E-state index in [-0.39, 0.29) is 26.4 Å². The van der Waals surface area contributed by atoms with Crippen molar-refractivity contribution in [2.24, 2.45) is 0 Å². The molecule has 9 nitrogen and oxygen atoms in total. The molecular weight excluding hydrogens is 707 g/mol. The minimum absolute atomic E-state index is 0.135. The molecule has 56 heavy (non-hydrogen) atoms. The minimum atomic E-state index is -1.54. The highest BCUT2D eigenvalue weighted by Gasteiger charge is 2.41. The number of unbranched alkanes of at least 4 members (excludes halogenated alkanes) is 4. The van der Waals surface area contributed by atoms with Crippen LogP contribution in [0.2, 0.25) is 0 Å². The summed E-state index contributed by atoms with van der Waals surface area (Å²) in [5, 5.41) is 3.72. The highest BCUT2D eigenvalue weighted by Crippen LogP contribution is 2.21. The van der Waals surface area contributed by atoms with Crippen LogP contribution in [0.1, 0.15) is 94.0 Å². The molecule has 4 rings (SSSR count). The van der Waals surface area contributed by atoms with Crippen molar-refractivity contribution in [3.8, 4) is 0 Å². The normalized spacial score (nSPS) is 12.6. The number of benzene rings is 4. The molecule has 0 heterocycles. The maximum atomic E-state index is 14.6. The zero-order valence-corrected chi connectivity index (χ0v) is 34.2. The molecule has 4 aromatic rings. The van der Waals surface area contributed by atoms with Crippen molar-refractivity contribution in [1.82, 2.24) is 5.06 Å². The van der Waals surface area contributed by atoms with Crippen LogP contribution in [0.3, 0.4) is 0 Å². The van der Waals surface area contributed by atoms with Crippen LogP contribution in [-0.4, -0.2) is 67.1 Å². The lowest BCUT2D eigenvalue weighted by Gasteiger charge is -2.31. The summed E-state index contributed by atoms with van der Waals surface area (Å²) < 4.78 is 22.9. The maximum absolute atomic E-state index is 14.6. The Morgan fingerprint density at radius 3 is 2.02 bits per heavy atom. The average Bonchev–Trinajstić information content (AvgIpc) is 3.17. The van der Waals surface area contributed by atoms with E-state index in [1.807, 2.05) is 42.5 Å². The van der Waals surface area contributed by atoms with Crippen molar-refractivity contribution in [3.05, 3.63) is 119 Å². The first kappa shape index (κ1) is 44.1. The first-order valence-electron chi connectivity index (χ1n) is 20.1. The largest absolute Gasteiger partial charge is 0.464 e. The third kappa shape index (κ3) is 15.2. The average molecular weight is 768 g/mol. The zero-order valence-electron chi connectivity index (χ0n) is 34.2. The van der Waals surface area contributed by atoms with E-state index in [0.717, 1.165) is 44.1 Å². The number of hydroxylamine groups is 2. The van der Waals surface area contributed by atoms with Gasteiger partial charge < -0.3 is 18.9 Å². The van der Waals surface area contributed by atoms with Crippen molar-refractivity contribution < 1.29 is 38.2 Å². The van der Waals surface area contributed by atoms with Crippen LogP contribution >= 0.6 is 0 Å². The summed E-state index contributed by atoms with van der Waals surface area (Å²) in [5.41, 5.74) is 5.07. The van der Waals surface area contributed by atoms with Gasteiger partial charge in [0.25, 0.3) is 5.91 Å². The number of amides is 1. The van der Waals surface area contributed by atoms with Gasteiger partial charge in [0.1, 0.15) is 18.8 Å². The Balaban J connectivity index is 1.49. The molecule has 0 bridgehead atoms. The van der Waals surface area contributed by atoms with Crippen LogP contribution in [0.25, 0.3) is 10.8 Å². The van der Waals surface area contributed by atoms with Crippen LogP contribution in [-0.2, 0) is 57.6 Å². The van der Waals surface area contributed by atoms with Crippen LogP contribution in [0.5, 0.6) is 0 Å². The van der Waals surface area contributed by atoms with Gasteiger partial charge in [-0.25, -0.2) is 14.7 Å². The van der Waals surface area contributed by atoms with Crippen molar-refractivity contribution in [1.29, 1.82) is 0 Å². The van der Waals surface area contributed by atoms with E-state index in [9.17, 15) is 14.4 Å². The fourth-order valence-corrected chi connectivity index (χ4v) is 6.33. The van der Waals surface area contributed by atoms with E-state index < -0.39 is 42.3 Å². The molecule has 0 aromatic heterocycles. The molecular formula is C47H61NO8. The van der Waals surface area contributed by atoms with Gasteiger partial charge in [0.05, 0.1) is 6.61 Å². The van der Waals surface area contributed by atoms with Crippen LogP contribution < -0.4 is 0 Å². The van der Waals surface area contributed by atoms with Gasteiger partial charge in [-0.1, -0.05) is 104 Å². The van der Waals surface area contributed by atoms with E-state index in [1.165, 1.54) is 38.1 Å². The van der Waals surface area contributed by atoms with Crippen LogP contribution in [0, 0.1) is 13.8 Å². The maximum Gasteiger partial charge on any atom is 0.339 e. The van der Waals surface area contributed by atoms with Crippen molar-refractivity contribution in [2.75, 3.05) is 26.4 Å². The molecule has 0 radical (unpaired) electrons. The highest BCUT2D eigenvalue weighted by atomic mass is 16.7. The summed E-state index contributed by atoms with van der Waals surface area (Å²) in [6, 6.07) is 31.0. The third-order valence-corrected chi connectivity index (χ3v) is 9.44. The van der Waals surface area contributed by atoms with Gasteiger partial charge in [-0.3, -0.25) is 9.63 Å². The molecule has 9 heteroatoms. The lowest BCUT2D eigenvalue weighted by atomic mass is 10.0. The highest BCUT2D eigenvalue weighted by molar-refractivity contribution is 5.89. The predicted molar refractivity (Wildman–Crippen MR) is 220 cm³/mol. The summed E-state index contributed by atoms with van der Waals surface area (Å²) in [6.45, 7) is 11.3. The van der Waals surface area contributed by atoms with Crippen LogP contribution in [0.4, 0.5) is 0 Å². The number of aryl methyl sites for hydroxylation is 4. The second-order valence-electron chi connectivity index (χ2n) is 15.3. The molecule has 0 saturated carbocycles. The number of ether oxygens (including phenoxy) is 4. The molecule has 0 N–H and O–H groups in total. The molecule has 0 spiro atoms. The topological polar surface area (TPSA) is 101 Å². The number of carbonyl (C=O) groups excluding carboxylic acids is 3. The second-order valence-corrected chi connectivity index (χ2v) is 15.3. The summed E-state index contributed by atoms with van der Waals surface area (Å²) >= 11 is 0. The molecule has 0 aliphatic rings. The first-order valence-corrected chi connectivity index (χ1v) is 20.1. The molecule has 0 unspecified atom stereocenters. The van der Waals surface area contributed by atoms with Gasteiger partial charge in [-0.15, -0.1) is 0 Å². The number of fused-ring (bicyclic) bond motifs is 1. The fraction of sp³-hybridized carbons (Fsp3) is 0.468. The molecule has 4 aromatic carbocycles. The molecule has 1 amide bonds. The van der Waals surface area contributed by atoms with E-state index in [2.05, 4.69) is 62.4 Å². The standard InChI is InChI=1S/C47H61NO8/c1-7-52-42(49)34-54-44(46(51)56-47(4,5)6)43(53-30-18-10-14-19-37-26-25-35(2)36(3)31-37)45(50)48(55-33-39-21-11-8-12-22-39)29-17-9-13-20-38-27-28-40-23-15-16-24-41(40)32-38/h8,11-12,15-16,21-28,31-32,43-44H,7,9-10,13-14,17-20,29-30,33-34H2,1-6H3/t43-,44-/m1/s1. The van der Waals surface area contributed by atoms with E-state index in [0.29, 0.717) is 12.8 Å². The Kier molecular flexibility index (Phi) is 18.0. The van der Waals surface area contributed by atoms with Gasteiger partial charge in [0.2, 0.25) is 0 Å². The smallest absolute Gasteiger partial charge is 0.339 e. The number of rotatable bonds is 23. The molecule has 0 saturated heterocycles. The summed E-state index contributed by atoms with van der Waals surface area (Å²) in [7, 11) is 0. The Morgan fingerprint density at radius 1 is 0.661 bits per heavy atom. The molecule has 0 aliphatic heterocycles. The fourth-order valence-electron chi connectivity index (χ4n) is 6.33. The lowest BCUT2D eigenvalue weighted by molar-refractivity contribution is -0.215. The SMILES string of the molecule is CCOC(=O)CO[C@@H](C(=O)OC(C)(C)C)[C@@H](OCCCCCc1ccc(C)c(C)c1)C(=O)N(CCCCCc1ccc2ccccc2c1)OCc1ccccc1. The van der Waals surface area contributed by atoms with Crippen LogP contribution in [0.15, 0.2) is 91.0 Å². The monoisotopic (exact) mass is 767 g/mol. The second kappa shape index (κ2) is 22.9. The summed E-state index contributed by atoms with van der Waals surface area (Å²) in [4.78, 5) is 47.0. The summed E-state index contributed by atoms with van der Waals surface area (Å²) in [5.74, 6) is -2.05. The molecule has 0 fully saturated rings. The van der Waals surface area contributed by atoms with Crippen molar-refractivity contribution in [3.63, 3.8) is 0 Å². The zero-order chi connectivity index (χ0) is 40.3. The molecule has 2 atom stereocenters.